The van der Waals surface area contributed by atoms with E-state index in [1.807, 2.05) is 48.3 Å². The van der Waals surface area contributed by atoms with Crippen molar-refractivity contribution in [1.82, 2.24) is 20.2 Å². The first kappa shape index (κ1) is 29.6. The highest BCUT2D eigenvalue weighted by atomic mass is 19.2. The molecule has 8 nitrogen and oxygen atoms in total. The van der Waals surface area contributed by atoms with Gasteiger partial charge >= 0.3 is 0 Å². The number of aliphatic imine (C=N–C) groups is 1. The van der Waals surface area contributed by atoms with Crippen molar-refractivity contribution in [1.29, 1.82) is 0 Å². The molecule has 1 N–H and O–H groups in total. The Morgan fingerprint density at radius 2 is 1.79 bits per heavy atom. The highest BCUT2D eigenvalue weighted by Crippen LogP contribution is 2.24. The van der Waals surface area contributed by atoms with E-state index < -0.39 is 23.4 Å². The summed E-state index contributed by atoms with van der Waals surface area (Å²) in [5, 5.41) is 3.40. The molecule has 10 heteroatoms. The van der Waals surface area contributed by atoms with Crippen LogP contribution >= 0.6 is 0 Å². The second kappa shape index (κ2) is 13.8. The molecule has 0 radical (unpaired) electrons. The molecular formula is C32H28F2N6O2. The Morgan fingerprint density at radius 1 is 1.00 bits per heavy atom. The molecule has 212 valence electrons. The molecule has 0 aliphatic carbocycles. The number of anilines is 1. The molecule has 0 aliphatic rings. The Hall–Kier alpha value is -5.43. The van der Waals surface area contributed by atoms with Crippen LogP contribution in [0, 0.1) is 23.5 Å². The quantitative estimate of drug-likeness (QED) is 0.0817. The number of nitrogens with one attached hydrogen (secondary N) is 1. The maximum Gasteiger partial charge on any atom is 0.264 e. The Bertz CT molecular complexity index is 1710. The van der Waals surface area contributed by atoms with E-state index in [2.05, 4.69) is 50.8 Å². The van der Waals surface area contributed by atoms with Crippen molar-refractivity contribution >= 4 is 34.9 Å². The standard InChI is InChI=1S/C32H28F2N6O2/c1-22(32(42)40(21-35-2)19-25-11-13-27(33)28(34)17-25)31(41)36-15-7-10-23-12-14-29-26(16-23)30(38-20-37-29)39(3)18-24-8-5-4-6-9-24/h4-6,8-9,11-14,16-17,20-21H,1,15,18-19H2,2-3H3,(H,36,41). The highest BCUT2D eigenvalue weighted by Gasteiger charge is 2.21. The van der Waals surface area contributed by atoms with Gasteiger partial charge in [-0.2, -0.15) is 0 Å². The number of carbonyl (C=O) groups is 2. The first-order valence-corrected chi connectivity index (χ1v) is 12.9. The lowest BCUT2D eigenvalue weighted by Gasteiger charge is -2.19. The molecule has 0 unspecified atom stereocenters. The zero-order valence-corrected chi connectivity index (χ0v) is 23.1. The zero-order chi connectivity index (χ0) is 30.1. The molecule has 0 aliphatic heterocycles. The van der Waals surface area contributed by atoms with E-state index in [0.717, 1.165) is 39.3 Å². The lowest BCUT2D eigenvalue weighted by Crippen LogP contribution is -2.37. The maximum atomic E-state index is 13.6. The minimum atomic E-state index is -1.04. The van der Waals surface area contributed by atoms with Crippen LogP contribution in [0.4, 0.5) is 14.6 Å². The van der Waals surface area contributed by atoms with E-state index in [1.165, 1.54) is 25.8 Å². The van der Waals surface area contributed by atoms with Crippen LogP contribution in [0.2, 0.25) is 0 Å². The van der Waals surface area contributed by atoms with Crippen molar-refractivity contribution in [2.24, 2.45) is 4.99 Å². The largest absolute Gasteiger partial charge is 0.355 e. The topological polar surface area (TPSA) is 90.8 Å². The molecule has 3 aromatic carbocycles. The predicted molar refractivity (Wildman–Crippen MR) is 158 cm³/mol. The van der Waals surface area contributed by atoms with E-state index in [0.29, 0.717) is 17.7 Å². The third-order valence-corrected chi connectivity index (χ3v) is 6.19. The number of rotatable bonds is 9. The van der Waals surface area contributed by atoms with Crippen LogP contribution in [0.5, 0.6) is 0 Å². The maximum absolute atomic E-state index is 13.6. The number of halogens is 2. The fourth-order valence-electron chi connectivity index (χ4n) is 4.14. The molecule has 0 atom stereocenters. The van der Waals surface area contributed by atoms with Gasteiger partial charge in [0.2, 0.25) is 0 Å². The monoisotopic (exact) mass is 566 g/mol. The lowest BCUT2D eigenvalue weighted by molar-refractivity contribution is -0.127. The van der Waals surface area contributed by atoms with Crippen molar-refractivity contribution in [3.05, 3.63) is 114 Å². The summed E-state index contributed by atoms with van der Waals surface area (Å²) in [5.41, 5.74) is 2.59. The summed E-state index contributed by atoms with van der Waals surface area (Å²) in [4.78, 5) is 41.2. The first-order chi connectivity index (χ1) is 20.3. The Morgan fingerprint density at radius 3 is 2.52 bits per heavy atom. The predicted octanol–water partition coefficient (Wildman–Crippen LogP) is 4.26. The number of carbonyl (C=O) groups excluding carboxylic acids is 2. The Labute approximate surface area is 242 Å². The van der Waals surface area contributed by atoms with Crippen molar-refractivity contribution in [3.8, 4) is 11.8 Å². The molecule has 1 aromatic heterocycles. The molecule has 1 heterocycles. The van der Waals surface area contributed by atoms with Gasteiger partial charge in [0.25, 0.3) is 11.8 Å². The van der Waals surface area contributed by atoms with Crippen molar-refractivity contribution < 1.29 is 18.4 Å². The van der Waals surface area contributed by atoms with Gasteiger partial charge in [-0.05, 0) is 41.5 Å². The summed E-state index contributed by atoms with van der Waals surface area (Å²) >= 11 is 0. The molecule has 4 aromatic rings. The molecule has 0 spiro atoms. The molecule has 0 fully saturated rings. The van der Waals surface area contributed by atoms with Gasteiger partial charge in [0, 0.05) is 31.6 Å². The van der Waals surface area contributed by atoms with Gasteiger partial charge in [-0.3, -0.25) is 19.5 Å². The van der Waals surface area contributed by atoms with Crippen molar-refractivity contribution in [3.63, 3.8) is 0 Å². The van der Waals surface area contributed by atoms with Crippen LogP contribution in [-0.2, 0) is 22.7 Å². The van der Waals surface area contributed by atoms with Gasteiger partial charge in [0.15, 0.2) is 11.6 Å². The third kappa shape index (κ3) is 7.40. The smallest absolute Gasteiger partial charge is 0.264 e. The molecule has 0 saturated heterocycles. The number of benzene rings is 3. The lowest BCUT2D eigenvalue weighted by atomic mass is 10.1. The van der Waals surface area contributed by atoms with Gasteiger partial charge in [-0.1, -0.05) is 54.8 Å². The summed E-state index contributed by atoms with van der Waals surface area (Å²) in [6, 6.07) is 18.9. The van der Waals surface area contributed by atoms with Crippen LogP contribution in [0.15, 0.2) is 90.2 Å². The average Bonchev–Trinajstić information content (AvgIpc) is 3.00. The fraction of sp³-hybridized carbons (Fsp3) is 0.156. The average molecular weight is 567 g/mol. The number of aromatic nitrogens is 2. The summed E-state index contributed by atoms with van der Waals surface area (Å²) in [6.45, 7) is 4.09. The Kier molecular flexibility index (Phi) is 9.69. The van der Waals surface area contributed by atoms with Crippen LogP contribution in [0.3, 0.4) is 0 Å². The van der Waals surface area contributed by atoms with Gasteiger partial charge < -0.3 is 10.2 Å². The summed E-state index contributed by atoms with van der Waals surface area (Å²) in [6.07, 6.45) is 2.72. The number of fused-ring (bicyclic) bond motifs is 1. The van der Waals surface area contributed by atoms with Crippen LogP contribution in [0.25, 0.3) is 10.9 Å². The van der Waals surface area contributed by atoms with E-state index in [4.69, 9.17) is 0 Å². The molecule has 0 saturated carbocycles. The minimum Gasteiger partial charge on any atom is -0.355 e. The SMILES string of the molecule is C=C(C(=O)NCC#Cc1ccc2ncnc(N(C)Cc3ccccc3)c2c1)C(=O)N(C=NC)Cc1ccc(F)c(F)c1. The van der Waals surface area contributed by atoms with E-state index in [1.54, 1.807) is 0 Å². The molecule has 42 heavy (non-hydrogen) atoms. The number of nitrogens with zero attached hydrogens (tertiary/aromatic N) is 5. The number of hydrogen-bond acceptors (Lipinski definition) is 6. The first-order valence-electron chi connectivity index (χ1n) is 12.9. The molecular weight excluding hydrogens is 538 g/mol. The highest BCUT2D eigenvalue weighted by molar-refractivity contribution is 6.19. The second-order valence-corrected chi connectivity index (χ2v) is 9.29. The van der Waals surface area contributed by atoms with E-state index in [9.17, 15) is 18.4 Å². The van der Waals surface area contributed by atoms with Crippen LogP contribution in [0.1, 0.15) is 16.7 Å². The summed E-state index contributed by atoms with van der Waals surface area (Å²) < 4.78 is 26.9. The Balaban J connectivity index is 1.40. The number of amides is 2. The molecule has 4 rings (SSSR count). The third-order valence-electron chi connectivity index (χ3n) is 6.19. The van der Waals surface area contributed by atoms with E-state index >= 15 is 0 Å². The normalized spacial score (nSPS) is 10.7. The fourth-order valence-corrected chi connectivity index (χ4v) is 4.14. The van der Waals surface area contributed by atoms with Gasteiger partial charge in [-0.25, -0.2) is 18.7 Å². The zero-order valence-electron chi connectivity index (χ0n) is 23.1. The van der Waals surface area contributed by atoms with Crippen molar-refractivity contribution in [2.45, 2.75) is 13.1 Å². The van der Waals surface area contributed by atoms with Crippen LogP contribution in [-0.4, -0.2) is 53.7 Å². The van der Waals surface area contributed by atoms with Gasteiger partial charge in [0.05, 0.1) is 30.5 Å². The second-order valence-electron chi connectivity index (χ2n) is 9.29. The van der Waals surface area contributed by atoms with E-state index in [-0.39, 0.29) is 18.7 Å². The van der Waals surface area contributed by atoms with Crippen molar-refractivity contribution in [2.75, 3.05) is 25.5 Å². The van der Waals surface area contributed by atoms with Gasteiger partial charge in [-0.15, -0.1) is 0 Å². The molecule has 2 amide bonds. The summed E-state index contributed by atoms with van der Waals surface area (Å²) in [5.74, 6) is 3.15. The van der Waals surface area contributed by atoms with Gasteiger partial charge in [0.1, 0.15) is 12.1 Å². The van der Waals surface area contributed by atoms with Crippen LogP contribution < -0.4 is 10.2 Å². The summed E-state index contributed by atoms with van der Waals surface area (Å²) in [7, 11) is 3.40. The number of hydrogen-bond donors (Lipinski definition) is 1. The molecule has 0 bridgehead atoms. The minimum absolute atomic E-state index is 0.0414.